The number of aryl methyl sites for hydroxylation is 1. The lowest BCUT2D eigenvalue weighted by atomic mass is 10.1. The molecule has 0 aliphatic carbocycles. The zero-order valence-electron chi connectivity index (χ0n) is 8.33. The van der Waals surface area contributed by atoms with Gasteiger partial charge >= 0.3 is 0 Å². The first kappa shape index (κ1) is 11.5. The van der Waals surface area contributed by atoms with Gasteiger partial charge in [0.2, 0.25) is 5.88 Å². The van der Waals surface area contributed by atoms with Gasteiger partial charge in [0.15, 0.2) is 0 Å². The van der Waals surface area contributed by atoms with Gasteiger partial charge in [0, 0.05) is 16.2 Å². The van der Waals surface area contributed by atoms with Crippen molar-refractivity contribution in [3.8, 4) is 5.88 Å². The molecule has 0 saturated heterocycles. The zero-order valence-corrected chi connectivity index (χ0v) is 9.91. The highest BCUT2D eigenvalue weighted by Crippen LogP contribution is 2.21. The van der Waals surface area contributed by atoms with Gasteiger partial charge < -0.3 is 9.84 Å². The van der Waals surface area contributed by atoms with Crippen molar-refractivity contribution >= 4 is 15.9 Å². The Bertz CT molecular complexity index is 302. The molecule has 0 bridgehead atoms. The topological polar surface area (TPSA) is 42.4 Å². The van der Waals surface area contributed by atoms with Gasteiger partial charge in [-0.15, -0.1) is 0 Å². The van der Waals surface area contributed by atoms with Crippen LogP contribution in [0.2, 0.25) is 0 Å². The van der Waals surface area contributed by atoms with E-state index in [0.717, 1.165) is 16.5 Å². The van der Waals surface area contributed by atoms with Crippen LogP contribution in [-0.2, 0) is 6.42 Å². The molecule has 1 rings (SSSR count). The molecule has 1 atom stereocenters. The van der Waals surface area contributed by atoms with Crippen molar-refractivity contribution in [1.82, 2.24) is 4.98 Å². The van der Waals surface area contributed by atoms with Crippen LogP contribution in [0.25, 0.3) is 0 Å². The van der Waals surface area contributed by atoms with E-state index in [-0.39, 0.29) is 6.10 Å². The van der Waals surface area contributed by atoms with E-state index < -0.39 is 0 Å². The number of aliphatic hydroxyl groups is 1. The number of halogens is 1. The molecule has 0 unspecified atom stereocenters. The quantitative estimate of drug-likeness (QED) is 0.902. The molecule has 0 fully saturated rings. The summed E-state index contributed by atoms with van der Waals surface area (Å²) in [4.78, 5) is 4.12. The van der Waals surface area contributed by atoms with Crippen molar-refractivity contribution in [2.45, 2.75) is 25.9 Å². The predicted molar refractivity (Wildman–Crippen MR) is 58.5 cm³/mol. The molecule has 3 nitrogen and oxygen atoms in total. The maximum atomic E-state index is 9.17. The van der Waals surface area contributed by atoms with Crippen LogP contribution in [0.3, 0.4) is 0 Å². The van der Waals surface area contributed by atoms with Crippen molar-refractivity contribution in [3.05, 3.63) is 22.3 Å². The van der Waals surface area contributed by atoms with Gasteiger partial charge in [-0.2, -0.15) is 0 Å². The van der Waals surface area contributed by atoms with Gasteiger partial charge in [-0.1, -0.05) is 0 Å². The average molecular weight is 260 g/mol. The molecule has 0 aliphatic rings. The maximum absolute atomic E-state index is 9.17. The monoisotopic (exact) mass is 259 g/mol. The van der Waals surface area contributed by atoms with Crippen LogP contribution in [-0.4, -0.2) is 23.3 Å². The molecule has 78 valence electrons. The highest BCUT2D eigenvalue weighted by atomic mass is 79.9. The number of hydrogen-bond donors (Lipinski definition) is 1. The molecule has 0 amide bonds. The fraction of sp³-hybridized carbons (Fsp3) is 0.500. The smallest absolute Gasteiger partial charge is 0.216 e. The van der Waals surface area contributed by atoms with Gasteiger partial charge in [-0.05, 0) is 41.8 Å². The number of ether oxygens (including phenoxy) is 1. The number of nitrogens with zero attached hydrogens (tertiary/aromatic N) is 1. The minimum absolute atomic E-state index is 0.293. The van der Waals surface area contributed by atoms with Crippen LogP contribution < -0.4 is 4.74 Å². The molecule has 1 aromatic rings. The molecule has 14 heavy (non-hydrogen) atoms. The fourth-order valence-electron chi connectivity index (χ4n) is 1.20. The molecule has 0 aliphatic heterocycles. The second-order valence-corrected chi connectivity index (χ2v) is 4.13. The normalized spacial score (nSPS) is 12.6. The molecule has 1 N–H and O–H groups in total. The Labute approximate surface area is 92.3 Å². The van der Waals surface area contributed by atoms with Gasteiger partial charge in [0.1, 0.15) is 0 Å². The average Bonchev–Trinajstić information content (AvgIpc) is 2.15. The number of aromatic nitrogens is 1. The van der Waals surface area contributed by atoms with E-state index in [2.05, 4.69) is 20.9 Å². The van der Waals surface area contributed by atoms with Crippen molar-refractivity contribution in [3.63, 3.8) is 0 Å². The Morgan fingerprint density at radius 2 is 2.36 bits per heavy atom. The van der Waals surface area contributed by atoms with E-state index in [9.17, 15) is 5.11 Å². The first-order valence-electron chi connectivity index (χ1n) is 4.50. The lowest BCUT2D eigenvalue weighted by Crippen LogP contribution is -2.03. The Kier molecular flexibility index (Phi) is 4.35. The summed E-state index contributed by atoms with van der Waals surface area (Å²) in [5.41, 5.74) is 1.02. The zero-order chi connectivity index (χ0) is 10.6. The molecule has 0 saturated carbocycles. The Morgan fingerprint density at radius 3 is 2.93 bits per heavy atom. The molecular weight excluding hydrogens is 246 g/mol. The van der Waals surface area contributed by atoms with E-state index in [0.29, 0.717) is 12.3 Å². The number of aliphatic hydroxyl groups excluding tert-OH is 1. The summed E-state index contributed by atoms with van der Waals surface area (Å²) < 4.78 is 6.05. The van der Waals surface area contributed by atoms with Crippen LogP contribution in [0.4, 0.5) is 0 Å². The Morgan fingerprint density at radius 1 is 1.64 bits per heavy atom. The number of pyridine rings is 1. The fourth-order valence-corrected chi connectivity index (χ4v) is 1.57. The first-order valence-corrected chi connectivity index (χ1v) is 5.29. The van der Waals surface area contributed by atoms with E-state index >= 15 is 0 Å². The highest BCUT2D eigenvalue weighted by Gasteiger charge is 2.06. The lowest BCUT2D eigenvalue weighted by molar-refractivity contribution is 0.184. The largest absolute Gasteiger partial charge is 0.481 e. The second kappa shape index (κ2) is 5.32. The minimum Gasteiger partial charge on any atom is -0.481 e. The Hall–Kier alpha value is -0.610. The standard InChI is InChI=1S/C10H14BrNO2/c1-7(13)3-4-8-5-9(11)6-12-10(8)14-2/h5-7,13H,3-4H2,1-2H3/t7-/m0/s1. The van der Waals surface area contributed by atoms with Crippen molar-refractivity contribution < 1.29 is 9.84 Å². The molecule has 1 heterocycles. The Balaban J connectivity index is 2.77. The van der Waals surface area contributed by atoms with Crippen molar-refractivity contribution in [1.29, 1.82) is 0 Å². The van der Waals surface area contributed by atoms with Gasteiger partial charge in [0.25, 0.3) is 0 Å². The molecule has 0 spiro atoms. The molecular formula is C10H14BrNO2. The highest BCUT2D eigenvalue weighted by molar-refractivity contribution is 9.10. The van der Waals surface area contributed by atoms with Gasteiger partial charge in [-0.3, -0.25) is 0 Å². The summed E-state index contributed by atoms with van der Waals surface area (Å²) in [5.74, 6) is 0.633. The van der Waals surface area contributed by atoms with Crippen LogP contribution in [0.5, 0.6) is 5.88 Å². The van der Waals surface area contributed by atoms with Crippen LogP contribution in [0.1, 0.15) is 18.9 Å². The van der Waals surface area contributed by atoms with Crippen LogP contribution in [0, 0.1) is 0 Å². The SMILES string of the molecule is COc1ncc(Br)cc1CC[C@H](C)O. The summed E-state index contributed by atoms with van der Waals surface area (Å²) in [6.07, 6.45) is 2.89. The molecule has 0 radical (unpaired) electrons. The number of methoxy groups -OCH3 is 1. The third-order valence-corrected chi connectivity index (χ3v) is 2.35. The molecule has 1 aromatic heterocycles. The van der Waals surface area contributed by atoms with Crippen LogP contribution in [0.15, 0.2) is 16.7 Å². The third kappa shape index (κ3) is 3.27. The predicted octanol–water partition coefficient (Wildman–Crippen LogP) is 2.17. The molecule has 4 heteroatoms. The van der Waals surface area contributed by atoms with Crippen molar-refractivity contribution in [2.24, 2.45) is 0 Å². The number of hydrogen-bond acceptors (Lipinski definition) is 3. The summed E-state index contributed by atoms with van der Waals surface area (Å²) in [6.45, 7) is 1.78. The number of rotatable bonds is 4. The van der Waals surface area contributed by atoms with E-state index in [1.807, 2.05) is 6.07 Å². The van der Waals surface area contributed by atoms with E-state index in [4.69, 9.17) is 4.74 Å². The summed E-state index contributed by atoms with van der Waals surface area (Å²) in [7, 11) is 1.60. The van der Waals surface area contributed by atoms with Crippen molar-refractivity contribution in [2.75, 3.05) is 7.11 Å². The van der Waals surface area contributed by atoms with E-state index in [1.54, 1.807) is 20.2 Å². The van der Waals surface area contributed by atoms with Gasteiger partial charge in [-0.25, -0.2) is 4.98 Å². The van der Waals surface area contributed by atoms with E-state index in [1.165, 1.54) is 0 Å². The minimum atomic E-state index is -0.293. The first-order chi connectivity index (χ1) is 6.63. The summed E-state index contributed by atoms with van der Waals surface area (Å²) in [5, 5.41) is 9.17. The summed E-state index contributed by atoms with van der Waals surface area (Å²) in [6, 6.07) is 1.97. The van der Waals surface area contributed by atoms with Gasteiger partial charge in [0.05, 0.1) is 13.2 Å². The lowest BCUT2D eigenvalue weighted by Gasteiger charge is -2.08. The maximum Gasteiger partial charge on any atom is 0.216 e. The van der Waals surface area contributed by atoms with Crippen LogP contribution >= 0.6 is 15.9 Å². The second-order valence-electron chi connectivity index (χ2n) is 3.21. The molecule has 0 aromatic carbocycles. The third-order valence-electron chi connectivity index (χ3n) is 1.92. The summed E-state index contributed by atoms with van der Waals surface area (Å²) >= 11 is 3.35.